The SMILES string of the molecule is C=C(Nc1ccccc1)C(C=N)=N/C(=C(\N)c1ccccc1)c1ccc(-n2c3ccccc3c3c4ccccc4ccc32)cc1. The van der Waals surface area contributed by atoms with Gasteiger partial charge in [0.2, 0.25) is 0 Å². The molecule has 0 spiro atoms. The summed E-state index contributed by atoms with van der Waals surface area (Å²) in [5.41, 5.74) is 14.6. The molecule has 1 heterocycles. The molecule has 0 radical (unpaired) electrons. The lowest BCUT2D eigenvalue weighted by Crippen LogP contribution is -2.12. The first-order valence-electron chi connectivity index (χ1n) is 14.8. The number of allylic oxidation sites excluding steroid dienone is 1. The number of rotatable bonds is 8. The van der Waals surface area contributed by atoms with Crippen LogP contribution >= 0.6 is 0 Å². The molecule has 0 amide bonds. The molecule has 4 N–H and O–H groups in total. The summed E-state index contributed by atoms with van der Waals surface area (Å²) in [6.07, 6.45) is 1.20. The van der Waals surface area contributed by atoms with Crippen molar-refractivity contribution in [2.24, 2.45) is 10.7 Å². The van der Waals surface area contributed by atoms with E-state index in [9.17, 15) is 0 Å². The van der Waals surface area contributed by atoms with Crippen molar-refractivity contribution in [3.05, 3.63) is 169 Å². The van der Waals surface area contributed by atoms with E-state index in [1.54, 1.807) is 0 Å². The lowest BCUT2D eigenvalue weighted by Gasteiger charge is -2.14. The molecular weight excluding hydrogens is 550 g/mol. The number of nitrogens with zero attached hydrogens (tertiary/aromatic N) is 2. The van der Waals surface area contributed by atoms with Gasteiger partial charge in [-0.1, -0.05) is 116 Å². The predicted octanol–water partition coefficient (Wildman–Crippen LogP) is 9.44. The van der Waals surface area contributed by atoms with Crippen LogP contribution in [0, 0.1) is 5.41 Å². The van der Waals surface area contributed by atoms with Gasteiger partial charge in [0.1, 0.15) is 5.71 Å². The molecule has 5 heteroatoms. The Balaban J connectivity index is 1.36. The number of anilines is 1. The molecule has 0 saturated carbocycles. The van der Waals surface area contributed by atoms with Crippen LogP contribution in [0.5, 0.6) is 0 Å². The second-order valence-corrected chi connectivity index (χ2v) is 10.8. The maximum absolute atomic E-state index is 8.17. The molecule has 0 aliphatic rings. The second-order valence-electron chi connectivity index (χ2n) is 10.8. The van der Waals surface area contributed by atoms with Gasteiger partial charge in [-0.15, -0.1) is 0 Å². The highest BCUT2D eigenvalue weighted by Crippen LogP contribution is 2.37. The van der Waals surface area contributed by atoms with Gasteiger partial charge in [0.05, 0.1) is 28.1 Å². The van der Waals surface area contributed by atoms with Gasteiger partial charge in [0.25, 0.3) is 0 Å². The van der Waals surface area contributed by atoms with E-state index in [1.807, 2.05) is 72.8 Å². The molecular formula is C40H31N5. The lowest BCUT2D eigenvalue weighted by atomic mass is 10.0. The Kier molecular flexibility index (Phi) is 7.26. The fraction of sp³-hybridized carbons (Fsp3) is 0. The fourth-order valence-corrected chi connectivity index (χ4v) is 5.89. The van der Waals surface area contributed by atoms with Crippen LogP contribution in [-0.2, 0) is 0 Å². The van der Waals surface area contributed by atoms with Crippen molar-refractivity contribution in [1.29, 1.82) is 5.41 Å². The first-order valence-corrected chi connectivity index (χ1v) is 14.8. The molecule has 6 aromatic carbocycles. The van der Waals surface area contributed by atoms with Gasteiger partial charge in [0, 0.05) is 33.9 Å². The quantitative estimate of drug-likeness (QED) is 0.123. The largest absolute Gasteiger partial charge is 0.396 e. The van der Waals surface area contributed by atoms with Crippen molar-refractivity contribution in [2.45, 2.75) is 0 Å². The van der Waals surface area contributed by atoms with Gasteiger partial charge in [-0.3, -0.25) is 0 Å². The van der Waals surface area contributed by atoms with Crippen molar-refractivity contribution < 1.29 is 0 Å². The van der Waals surface area contributed by atoms with Gasteiger partial charge in [-0.2, -0.15) is 0 Å². The standard InChI is InChI=1S/C40H31N5/c1-27(43-31-15-6-3-7-16-31)35(26-41)44-40(39(42)29-13-4-2-5-14-29)30-20-23-32(24-21-30)45-36-19-11-10-18-34(36)38-33-17-9-8-12-28(33)22-25-37(38)45/h2-26,41,43H,1,42H2/b40-39-,41-26?,44-35?. The van der Waals surface area contributed by atoms with E-state index in [1.165, 1.54) is 27.8 Å². The number of hydrogen-bond acceptors (Lipinski definition) is 4. The second kappa shape index (κ2) is 11.8. The molecule has 1 aromatic heterocycles. The molecule has 0 aliphatic carbocycles. The van der Waals surface area contributed by atoms with Crippen molar-refractivity contribution >= 4 is 61.6 Å². The van der Waals surface area contributed by atoms with Crippen LogP contribution in [0.1, 0.15) is 11.1 Å². The number of nitrogens with two attached hydrogens (primary N) is 1. The summed E-state index contributed by atoms with van der Waals surface area (Å²) in [5.74, 6) is 0. The van der Waals surface area contributed by atoms with Crippen LogP contribution in [0.15, 0.2) is 163 Å². The zero-order chi connectivity index (χ0) is 30.8. The zero-order valence-corrected chi connectivity index (χ0v) is 24.6. The van der Waals surface area contributed by atoms with Crippen LogP contribution < -0.4 is 11.1 Å². The van der Waals surface area contributed by atoms with Crippen LogP contribution in [0.3, 0.4) is 0 Å². The van der Waals surface area contributed by atoms with Crippen LogP contribution in [-0.4, -0.2) is 16.5 Å². The molecule has 0 saturated heterocycles. The Morgan fingerprint density at radius 2 is 1.31 bits per heavy atom. The van der Waals surface area contributed by atoms with Gasteiger partial charge >= 0.3 is 0 Å². The minimum atomic E-state index is 0.381. The van der Waals surface area contributed by atoms with Gasteiger partial charge in [0.15, 0.2) is 0 Å². The smallest absolute Gasteiger partial charge is 0.104 e. The zero-order valence-electron chi connectivity index (χ0n) is 24.6. The highest BCUT2D eigenvalue weighted by molar-refractivity contribution is 6.38. The maximum atomic E-state index is 8.17. The van der Waals surface area contributed by atoms with E-state index in [-0.39, 0.29) is 0 Å². The normalized spacial score (nSPS) is 12.3. The van der Waals surface area contributed by atoms with E-state index in [2.05, 4.69) is 89.3 Å². The van der Waals surface area contributed by atoms with Crippen LogP contribution in [0.2, 0.25) is 0 Å². The number of fused-ring (bicyclic) bond motifs is 5. The molecule has 7 aromatic rings. The third kappa shape index (κ3) is 5.17. The van der Waals surface area contributed by atoms with Gasteiger partial charge in [-0.25, -0.2) is 4.99 Å². The third-order valence-electron chi connectivity index (χ3n) is 8.05. The van der Waals surface area contributed by atoms with Crippen molar-refractivity contribution in [3.63, 3.8) is 0 Å². The summed E-state index contributed by atoms with van der Waals surface area (Å²) >= 11 is 0. The minimum Gasteiger partial charge on any atom is -0.396 e. The van der Waals surface area contributed by atoms with E-state index in [4.69, 9.17) is 16.1 Å². The average Bonchev–Trinajstić information content (AvgIpc) is 3.44. The highest BCUT2D eigenvalue weighted by atomic mass is 15.0. The van der Waals surface area contributed by atoms with E-state index in [0.717, 1.165) is 33.5 Å². The molecule has 0 fully saturated rings. The number of para-hydroxylation sites is 2. The van der Waals surface area contributed by atoms with E-state index in [0.29, 0.717) is 22.8 Å². The summed E-state index contributed by atoms with van der Waals surface area (Å²) < 4.78 is 2.31. The first kappa shape index (κ1) is 27.6. The Morgan fingerprint density at radius 1 is 0.667 bits per heavy atom. The molecule has 0 aliphatic heterocycles. The molecule has 0 bridgehead atoms. The summed E-state index contributed by atoms with van der Waals surface area (Å²) in [4.78, 5) is 4.92. The summed E-state index contributed by atoms with van der Waals surface area (Å²) in [6.45, 7) is 4.17. The average molecular weight is 582 g/mol. The van der Waals surface area contributed by atoms with Crippen LogP contribution in [0.4, 0.5) is 5.69 Å². The van der Waals surface area contributed by atoms with Crippen molar-refractivity contribution in [2.75, 3.05) is 5.32 Å². The van der Waals surface area contributed by atoms with Crippen LogP contribution in [0.25, 0.3) is 49.7 Å². The molecule has 5 nitrogen and oxygen atoms in total. The highest BCUT2D eigenvalue weighted by Gasteiger charge is 2.16. The Morgan fingerprint density at radius 3 is 2.04 bits per heavy atom. The number of hydrogen-bond donors (Lipinski definition) is 3. The summed E-state index contributed by atoms with van der Waals surface area (Å²) in [5, 5.41) is 16.3. The molecule has 0 atom stereocenters. The monoisotopic (exact) mass is 581 g/mol. The topological polar surface area (TPSA) is 79.2 Å². The number of benzene rings is 6. The van der Waals surface area contributed by atoms with E-state index >= 15 is 0 Å². The minimum absolute atomic E-state index is 0.381. The molecule has 7 rings (SSSR count). The lowest BCUT2D eigenvalue weighted by molar-refractivity contribution is 1.18. The molecule has 0 unspecified atom stereocenters. The Bertz CT molecular complexity index is 2260. The van der Waals surface area contributed by atoms with E-state index < -0.39 is 0 Å². The Hall–Kier alpha value is -6.20. The molecule has 45 heavy (non-hydrogen) atoms. The van der Waals surface area contributed by atoms with Crippen molar-refractivity contribution in [1.82, 2.24) is 4.57 Å². The number of aromatic nitrogens is 1. The van der Waals surface area contributed by atoms with Gasteiger partial charge < -0.3 is 21.0 Å². The van der Waals surface area contributed by atoms with Crippen molar-refractivity contribution in [3.8, 4) is 5.69 Å². The van der Waals surface area contributed by atoms with Gasteiger partial charge in [-0.05, 0) is 52.7 Å². The third-order valence-corrected chi connectivity index (χ3v) is 8.05. The maximum Gasteiger partial charge on any atom is 0.104 e. The summed E-state index contributed by atoms with van der Waals surface area (Å²) in [6, 6.07) is 49.3. The summed E-state index contributed by atoms with van der Waals surface area (Å²) in [7, 11) is 0. The number of nitrogens with one attached hydrogen (secondary N) is 2. The fourth-order valence-electron chi connectivity index (χ4n) is 5.89. The Labute approximate surface area is 261 Å². The number of aliphatic imine (C=N–C) groups is 1. The predicted molar refractivity (Wildman–Crippen MR) is 191 cm³/mol. The molecule has 216 valence electrons. The first-order chi connectivity index (χ1) is 22.1.